The zero-order chi connectivity index (χ0) is 7.66. The predicted octanol–water partition coefficient (Wildman–Crippen LogP) is 2.51. The number of rotatable bonds is 4. The first kappa shape index (κ1) is 8.36. The summed E-state index contributed by atoms with van der Waals surface area (Å²) < 4.78 is 0. The molecule has 0 rings (SSSR count). The Balaban J connectivity index is 3.35. The summed E-state index contributed by atoms with van der Waals surface area (Å²) in [5.74, 6) is 0. The van der Waals surface area contributed by atoms with Crippen molar-refractivity contribution >= 4 is 0 Å². The van der Waals surface area contributed by atoms with Crippen LogP contribution in [0, 0.1) is 0 Å². The topological polar surface area (TPSA) is 97.5 Å². The molecule has 0 bridgehead atoms. The number of hydrogen-bond acceptors (Lipinski definition) is 2. The molecule has 0 spiro atoms. The summed E-state index contributed by atoms with van der Waals surface area (Å²) in [4.78, 5) is 5.03. The van der Waals surface area contributed by atoms with Crippen LogP contribution in [0.5, 0.6) is 0 Å². The molecule has 6 nitrogen and oxygen atoms in total. The number of nitrogens with zero attached hydrogens (tertiary/aromatic N) is 6. The Morgan fingerprint density at radius 3 is 2.70 bits per heavy atom. The Morgan fingerprint density at radius 2 is 2.10 bits per heavy atom. The van der Waals surface area contributed by atoms with Gasteiger partial charge in [-0.15, -0.1) is 0 Å². The van der Waals surface area contributed by atoms with Gasteiger partial charge in [0, 0.05) is 16.4 Å². The van der Waals surface area contributed by atoms with Crippen molar-refractivity contribution in [2.75, 3.05) is 6.54 Å². The largest absolute Gasteiger partial charge is 0.0937 e. The molecule has 0 fully saturated rings. The van der Waals surface area contributed by atoms with Gasteiger partial charge in [0.15, 0.2) is 0 Å². The van der Waals surface area contributed by atoms with E-state index in [1.807, 2.05) is 0 Å². The summed E-state index contributed by atoms with van der Waals surface area (Å²) in [6.45, 7) is 0.397. The molecule has 0 amide bonds. The summed E-state index contributed by atoms with van der Waals surface area (Å²) in [6.07, 6.45) is 3.56. The Hall–Kier alpha value is -1.64. The van der Waals surface area contributed by atoms with Crippen molar-refractivity contribution in [2.24, 2.45) is 10.2 Å². The van der Waals surface area contributed by atoms with E-state index in [1.54, 1.807) is 6.08 Å². The average Bonchev–Trinajstić information content (AvgIpc) is 1.97. The van der Waals surface area contributed by atoms with Gasteiger partial charge in [-0.3, -0.25) is 0 Å². The van der Waals surface area contributed by atoms with Crippen LogP contribution in [0.25, 0.3) is 20.9 Å². The maximum absolute atomic E-state index is 7.82. The molecule has 0 atom stereocenters. The average molecular weight is 138 g/mol. The van der Waals surface area contributed by atoms with Crippen LogP contribution in [0.3, 0.4) is 0 Å². The minimum absolute atomic E-state index is 0.397. The summed E-state index contributed by atoms with van der Waals surface area (Å²) in [7, 11) is 0. The Kier molecular flexibility index (Phi) is 6.15. The van der Waals surface area contributed by atoms with Crippen molar-refractivity contribution in [1.29, 1.82) is 0 Å². The predicted molar refractivity (Wildman–Crippen MR) is 36.9 cm³/mol. The van der Waals surface area contributed by atoms with Gasteiger partial charge >= 0.3 is 0 Å². The lowest BCUT2D eigenvalue weighted by atomic mass is 10.4. The third-order valence-corrected chi connectivity index (χ3v) is 0.683. The lowest BCUT2D eigenvalue weighted by Crippen LogP contribution is -1.70. The summed E-state index contributed by atoms with van der Waals surface area (Å²) in [5.41, 5.74) is 15.6. The first-order chi connectivity index (χ1) is 4.91. The van der Waals surface area contributed by atoms with Gasteiger partial charge in [-0.1, -0.05) is 16.3 Å². The quantitative estimate of drug-likeness (QED) is 0.247. The van der Waals surface area contributed by atoms with Gasteiger partial charge in [0.1, 0.15) is 0 Å². The van der Waals surface area contributed by atoms with E-state index in [-0.39, 0.29) is 0 Å². The maximum Gasteiger partial charge on any atom is 0.0292 e. The van der Waals surface area contributed by atoms with Gasteiger partial charge in [0.25, 0.3) is 0 Å². The molecule has 10 heavy (non-hydrogen) atoms. The van der Waals surface area contributed by atoms with Crippen LogP contribution >= 0.6 is 0 Å². The lowest BCUT2D eigenvalue weighted by Gasteiger charge is -1.78. The van der Waals surface area contributed by atoms with Gasteiger partial charge < -0.3 is 0 Å². The van der Waals surface area contributed by atoms with E-state index in [1.165, 1.54) is 6.20 Å². The maximum atomic E-state index is 7.82. The monoisotopic (exact) mass is 138 g/mol. The van der Waals surface area contributed by atoms with Gasteiger partial charge in [-0.2, -0.15) is 0 Å². The molecule has 52 valence electrons. The highest BCUT2D eigenvalue weighted by molar-refractivity contribution is 4.80. The summed E-state index contributed by atoms with van der Waals surface area (Å²) in [6, 6.07) is 0. The molecule has 0 aromatic rings. The van der Waals surface area contributed by atoms with Crippen molar-refractivity contribution in [1.82, 2.24) is 0 Å². The van der Waals surface area contributed by atoms with E-state index < -0.39 is 0 Å². The zero-order valence-corrected chi connectivity index (χ0v) is 5.25. The molecule has 0 heterocycles. The van der Waals surface area contributed by atoms with Gasteiger partial charge in [0.2, 0.25) is 0 Å². The second-order valence-corrected chi connectivity index (χ2v) is 1.33. The molecule has 6 heteroatoms. The van der Waals surface area contributed by atoms with Crippen molar-refractivity contribution in [2.45, 2.75) is 6.42 Å². The van der Waals surface area contributed by atoms with Crippen LogP contribution < -0.4 is 0 Å². The van der Waals surface area contributed by atoms with Gasteiger partial charge in [0.05, 0.1) is 0 Å². The first-order valence-electron chi connectivity index (χ1n) is 2.62. The van der Waals surface area contributed by atoms with Crippen LogP contribution in [-0.4, -0.2) is 6.54 Å². The van der Waals surface area contributed by atoms with E-state index in [2.05, 4.69) is 20.1 Å². The standard InChI is InChI=1S/C4H6N6/c5-9-7-3-1-2-4-8-10-6/h1,3H,2,4H2. The molecule has 0 aliphatic carbocycles. The minimum Gasteiger partial charge on any atom is -0.0937 e. The van der Waals surface area contributed by atoms with Crippen LogP contribution in [0.2, 0.25) is 0 Å². The Bertz CT molecular complexity index is 194. The normalized spacial score (nSPS) is 8.40. The third kappa shape index (κ3) is 6.36. The molecular weight excluding hydrogens is 132 g/mol. The molecule has 0 saturated carbocycles. The van der Waals surface area contributed by atoms with Crippen LogP contribution in [0.1, 0.15) is 6.42 Å². The van der Waals surface area contributed by atoms with E-state index in [0.717, 1.165) is 0 Å². The number of hydrogen-bond donors (Lipinski definition) is 0. The van der Waals surface area contributed by atoms with Crippen LogP contribution in [0.15, 0.2) is 22.5 Å². The minimum atomic E-state index is 0.397. The lowest BCUT2D eigenvalue weighted by molar-refractivity contribution is 0.989. The molecule has 0 N–H and O–H groups in total. The second kappa shape index (κ2) is 7.36. The summed E-state index contributed by atoms with van der Waals surface area (Å²) >= 11 is 0. The molecule has 0 radical (unpaired) electrons. The molecule has 0 aromatic heterocycles. The fourth-order valence-corrected chi connectivity index (χ4v) is 0.328. The highest BCUT2D eigenvalue weighted by Gasteiger charge is 1.73. The fourth-order valence-electron chi connectivity index (χ4n) is 0.328. The van der Waals surface area contributed by atoms with E-state index in [0.29, 0.717) is 13.0 Å². The Labute approximate surface area is 57.4 Å². The van der Waals surface area contributed by atoms with Crippen molar-refractivity contribution in [3.05, 3.63) is 33.2 Å². The zero-order valence-electron chi connectivity index (χ0n) is 5.25. The smallest absolute Gasteiger partial charge is 0.0292 e. The third-order valence-electron chi connectivity index (χ3n) is 0.683. The highest BCUT2D eigenvalue weighted by Crippen LogP contribution is 1.85. The van der Waals surface area contributed by atoms with Crippen molar-refractivity contribution < 1.29 is 0 Å². The fraction of sp³-hybridized carbons (Fsp3) is 0.500. The van der Waals surface area contributed by atoms with Crippen molar-refractivity contribution in [3.8, 4) is 0 Å². The molecule has 0 unspecified atom stereocenters. The molecular formula is C4H6N6. The van der Waals surface area contributed by atoms with Crippen molar-refractivity contribution in [3.63, 3.8) is 0 Å². The van der Waals surface area contributed by atoms with Crippen LogP contribution in [-0.2, 0) is 0 Å². The highest BCUT2D eigenvalue weighted by atomic mass is 15.1. The van der Waals surface area contributed by atoms with E-state index >= 15 is 0 Å². The van der Waals surface area contributed by atoms with Gasteiger partial charge in [-0.25, -0.2) is 0 Å². The van der Waals surface area contributed by atoms with E-state index in [4.69, 9.17) is 11.1 Å². The Morgan fingerprint density at radius 1 is 1.30 bits per heavy atom. The van der Waals surface area contributed by atoms with Crippen LogP contribution in [0.4, 0.5) is 0 Å². The number of azide groups is 2. The summed E-state index contributed by atoms with van der Waals surface area (Å²) in [5, 5.41) is 6.40. The first-order valence-corrected chi connectivity index (χ1v) is 2.62. The molecule has 0 aliphatic rings. The SMILES string of the molecule is [N-]=[N+]=NC=CCCN=[N+]=[N-]. The second-order valence-electron chi connectivity index (χ2n) is 1.33. The molecule has 0 aromatic carbocycles. The molecule has 0 aliphatic heterocycles. The van der Waals surface area contributed by atoms with E-state index in [9.17, 15) is 0 Å². The molecule has 0 saturated heterocycles. The van der Waals surface area contributed by atoms with Gasteiger partial charge in [-0.05, 0) is 23.7 Å².